The number of nitrogens with zero attached hydrogens (tertiary/aromatic N) is 2. The second-order valence-electron chi connectivity index (χ2n) is 6.49. The average molecular weight is 334 g/mol. The molecule has 0 aliphatic carbocycles. The van der Waals surface area contributed by atoms with Crippen molar-refractivity contribution in [2.45, 2.75) is 12.5 Å². The number of carbonyl (C=O) groups is 1. The van der Waals surface area contributed by atoms with E-state index in [0.717, 1.165) is 39.3 Å². The summed E-state index contributed by atoms with van der Waals surface area (Å²) >= 11 is 0. The van der Waals surface area contributed by atoms with Crippen molar-refractivity contribution in [3.8, 4) is 11.5 Å². The van der Waals surface area contributed by atoms with Crippen molar-refractivity contribution < 1.29 is 19.0 Å². The van der Waals surface area contributed by atoms with Crippen molar-refractivity contribution in [2.75, 3.05) is 54.1 Å². The molecule has 2 aliphatic rings. The Bertz CT molecular complexity index is 592. The zero-order valence-corrected chi connectivity index (χ0v) is 14.7. The summed E-state index contributed by atoms with van der Waals surface area (Å²) in [4.78, 5) is 17.3. The number of fused-ring (bicyclic) bond motifs is 1. The van der Waals surface area contributed by atoms with E-state index in [2.05, 4.69) is 11.9 Å². The zero-order chi connectivity index (χ0) is 17.1. The molecule has 2 atom stereocenters. The molecule has 0 bridgehead atoms. The average Bonchev–Trinajstić information content (AvgIpc) is 2.81. The molecule has 2 aliphatic heterocycles. The number of piperidine rings is 1. The standard InChI is InChI=1S/C18H26N2O4/c1-19-8-9-24-12-13-6-7-20(11-16(13)19)18(21)15-5-4-14(22-2)10-17(15)23-3/h4-5,10,13,16H,6-9,11-12H2,1-3H3/t13-,16-/m1/s1. The topological polar surface area (TPSA) is 51.2 Å². The van der Waals surface area contributed by atoms with Crippen LogP contribution in [0.4, 0.5) is 0 Å². The molecule has 24 heavy (non-hydrogen) atoms. The molecule has 2 heterocycles. The number of hydrogen-bond donors (Lipinski definition) is 0. The summed E-state index contributed by atoms with van der Waals surface area (Å²) in [7, 11) is 5.30. The SMILES string of the molecule is COc1ccc(C(=O)N2CC[C@@H]3COCCN(C)[C@@H]3C2)c(OC)c1. The summed E-state index contributed by atoms with van der Waals surface area (Å²) in [6.07, 6.45) is 0.971. The fourth-order valence-electron chi connectivity index (χ4n) is 3.61. The fourth-order valence-corrected chi connectivity index (χ4v) is 3.61. The van der Waals surface area contributed by atoms with Gasteiger partial charge in [-0.25, -0.2) is 0 Å². The van der Waals surface area contributed by atoms with Crippen molar-refractivity contribution in [2.24, 2.45) is 5.92 Å². The summed E-state index contributed by atoms with van der Waals surface area (Å²) in [6, 6.07) is 5.69. The molecule has 0 saturated carbocycles. The quantitative estimate of drug-likeness (QED) is 0.838. The number of amides is 1. The second-order valence-corrected chi connectivity index (χ2v) is 6.49. The molecular weight excluding hydrogens is 308 g/mol. The Balaban J connectivity index is 1.78. The predicted molar refractivity (Wildman–Crippen MR) is 90.8 cm³/mol. The highest BCUT2D eigenvalue weighted by Crippen LogP contribution is 2.29. The monoisotopic (exact) mass is 334 g/mol. The molecule has 0 unspecified atom stereocenters. The molecule has 6 heteroatoms. The first-order valence-electron chi connectivity index (χ1n) is 8.43. The van der Waals surface area contributed by atoms with Crippen LogP contribution >= 0.6 is 0 Å². The molecule has 132 valence electrons. The Labute approximate surface area is 143 Å². The van der Waals surface area contributed by atoms with Crippen LogP contribution in [0.15, 0.2) is 18.2 Å². The molecule has 2 fully saturated rings. The van der Waals surface area contributed by atoms with Crippen molar-refractivity contribution in [1.82, 2.24) is 9.80 Å². The summed E-state index contributed by atoms with van der Waals surface area (Å²) in [5.74, 6) is 1.76. The maximum Gasteiger partial charge on any atom is 0.257 e. The van der Waals surface area contributed by atoms with E-state index < -0.39 is 0 Å². The van der Waals surface area contributed by atoms with Crippen molar-refractivity contribution in [3.63, 3.8) is 0 Å². The molecule has 0 spiro atoms. The molecule has 0 N–H and O–H groups in total. The van der Waals surface area contributed by atoms with Gasteiger partial charge in [0.25, 0.3) is 5.91 Å². The lowest BCUT2D eigenvalue weighted by Gasteiger charge is -2.41. The Morgan fingerprint density at radius 1 is 1.25 bits per heavy atom. The zero-order valence-electron chi connectivity index (χ0n) is 14.7. The number of carbonyl (C=O) groups excluding carboxylic acids is 1. The molecule has 2 saturated heterocycles. The largest absolute Gasteiger partial charge is 0.497 e. The highest BCUT2D eigenvalue weighted by molar-refractivity contribution is 5.97. The van der Waals surface area contributed by atoms with Crippen LogP contribution in [0.3, 0.4) is 0 Å². The number of methoxy groups -OCH3 is 2. The van der Waals surface area contributed by atoms with E-state index in [0.29, 0.717) is 29.0 Å². The summed E-state index contributed by atoms with van der Waals surface area (Å²) in [5, 5.41) is 0. The highest BCUT2D eigenvalue weighted by atomic mass is 16.5. The molecule has 3 rings (SSSR count). The van der Waals surface area contributed by atoms with Gasteiger partial charge in [0, 0.05) is 37.7 Å². The van der Waals surface area contributed by atoms with Crippen LogP contribution in [0.1, 0.15) is 16.8 Å². The number of likely N-dealkylation sites (N-methyl/N-ethyl adjacent to an activating group) is 1. The third-order valence-corrected chi connectivity index (χ3v) is 5.13. The Kier molecular flexibility index (Phi) is 5.26. The van der Waals surface area contributed by atoms with Gasteiger partial charge in [-0.1, -0.05) is 0 Å². The minimum Gasteiger partial charge on any atom is -0.497 e. The van der Waals surface area contributed by atoms with Crippen LogP contribution in [0.2, 0.25) is 0 Å². The van der Waals surface area contributed by atoms with E-state index in [4.69, 9.17) is 14.2 Å². The second kappa shape index (κ2) is 7.40. The Morgan fingerprint density at radius 3 is 2.83 bits per heavy atom. The van der Waals surface area contributed by atoms with Crippen LogP contribution in [-0.2, 0) is 4.74 Å². The summed E-state index contributed by atoms with van der Waals surface area (Å²) in [6.45, 7) is 3.96. The number of benzene rings is 1. The summed E-state index contributed by atoms with van der Waals surface area (Å²) < 4.78 is 16.3. The minimum absolute atomic E-state index is 0.0199. The minimum atomic E-state index is 0.0199. The van der Waals surface area contributed by atoms with Crippen LogP contribution in [0.25, 0.3) is 0 Å². The van der Waals surface area contributed by atoms with Gasteiger partial charge in [0.1, 0.15) is 11.5 Å². The number of likely N-dealkylation sites (tertiary alicyclic amines) is 1. The number of ether oxygens (including phenoxy) is 3. The smallest absolute Gasteiger partial charge is 0.257 e. The molecule has 0 aromatic heterocycles. The van der Waals surface area contributed by atoms with Crippen LogP contribution in [0.5, 0.6) is 11.5 Å². The van der Waals surface area contributed by atoms with Gasteiger partial charge < -0.3 is 19.1 Å². The molecule has 0 radical (unpaired) electrons. The van der Waals surface area contributed by atoms with Gasteiger partial charge in [-0.2, -0.15) is 0 Å². The van der Waals surface area contributed by atoms with Crippen molar-refractivity contribution in [1.29, 1.82) is 0 Å². The van der Waals surface area contributed by atoms with E-state index in [1.807, 2.05) is 4.90 Å². The highest BCUT2D eigenvalue weighted by Gasteiger charge is 2.36. The molecule has 1 aromatic carbocycles. The van der Waals surface area contributed by atoms with Crippen molar-refractivity contribution >= 4 is 5.91 Å². The maximum absolute atomic E-state index is 13.0. The first-order chi connectivity index (χ1) is 11.6. The van der Waals surface area contributed by atoms with Gasteiger partial charge in [-0.15, -0.1) is 0 Å². The number of rotatable bonds is 3. The number of hydrogen-bond acceptors (Lipinski definition) is 5. The molecular formula is C18H26N2O4. The lowest BCUT2D eigenvalue weighted by atomic mass is 9.91. The Hall–Kier alpha value is -1.79. The van der Waals surface area contributed by atoms with Gasteiger partial charge in [-0.05, 0) is 25.6 Å². The predicted octanol–water partition coefficient (Wildman–Crippen LogP) is 1.50. The van der Waals surface area contributed by atoms with E-state index in [9.17, 15) is 4.79 Å². The third kappa shape index (κ3) is 3.35. The van der Waals surface area contributed by atoms with Gasteiger partial charge in [-0.3, -0.25) is 9.69 Å². The molecule has 1 aromatic rings. The van der Waals surface area contributed by atoms with Crippen LogP contribution in [0, 0.1) is 5.92 Å². The lowest BCUT2D eigenvalue weighted by Crippen LogP contribution is -2.53. The van der Waals surface area contributed by atoms with E-state index in [-0.39, 0.29) is 5.91 Å². The molecule has 6 nitrogen and oxygen atoms in total. The van der Waals surface area contributed by atoms with Gasteiger partial charge >= 0.3 is 0 Å². The lowest BCUT2D eigenvalue weighted by molar-refractivity contribution is 0.0431. The first kappa shape index (κ1) is 17.0. The van der Waals surface area contributed by atoms with E-state index in [1.165, 1.54) is 0 Å². The van der Waals surface area contributed by atoms with Crippen LogP contribution in [-0.4, -0.2) is 75.9 Å². The Morgan fingerprint density at radius 2 is 2.08 bits per heavy atom. The first-order valence-corrected chi connectivity index (χ1v) is 8.43. The maximum atomic E-state index is 13.0. The normalized spacial score (nSPS) is 24.9. The fraction of sp³-hybridized carbons (Fsp3) is 0.611. The summed E-state index contributed by atoms with van der Waals surface area (Å²) in [5.41, 5.74) is 0.587. The van der Waals surface area contributed by atoms with Gasteiger partial charge in [0.15, 0.2) is 0 Å². The van der Waals surface area contributed by atoms with Crippen LogP contribution < -0.4 is 9.47 Å². The van der Waals surface area contributed by atoms with E-state index in [1.54, 1.807) is 32.4 Å². The third-order valence-electron chi connectivity index (χ3n) is 5.13. The van der Waals surface area contributed by atoms with Gasteiger partial charge in [0.05, 0.1) is 33.0 Å². The van der Waals surface area contributed by atoms with E-state index >= 15 is 0 Å². The van der Waals surface area contributed by atoms with Crippen molar-refractivity contribution in [3.05, 3.63) is 23.8 Å². The van der Waals surface area contributed by atoms with Gasteiger partial charge in [0.2, 0.25) is 0 Å². The molecule has 1 amide bonds.